The fourth-order valence-corrected chi connectivity index (χ4v) is 5.81. The Balaban J connectivity index is 3.02. The lowest BCUT2D eigenvalue weighted by molar-refractivity contribution is -0.135. The highest BCUT2D eigenvalue weighted by Gasteiger charge is 2.31. The van der Waals surface area contributed by atoms with Crippen molar-refractivity contribution in [3.8, 4) is 0 Å². The predicted molar refractivity (Wildman–Crippen MR) is 189 cm³/mol. The van der Waals surface area contributed by atoms with Crippen LogP contribution < -0.4 is 49.1 Å². The van der Waals surface area contributed by atoms with Gasteiger partial charge in [0.25, 0.3) is 0 Å². The van der Waals surface area contributed by atoms with Gasteiger partial charge in [0.05, 0.1) is 6.61 Å². The number of nitrogens with two attached hydrogens (primary N) is 3. The number of thioether (sulfide) groups is 1. The van der Waals surface area contributed by atoms with Gasteiger partial charge in [-0.25, -0.2) is 0 Å². The van der Waals surface area contributed by atoms with E-state index in [0.29, 0.717) is 18.6 Å². The molecule has 0 unspecified atom stereocenters. The summed E-state index contributed by atoms with van der Waals surface area (Å²) in [6.45, 7) is 3.54. The van der Waals surface area contributed by atoms with Crippen LogP contribution in [0.1, 0.15) is 78.6 Å². The molecule has 1 rings (SSSR count). The number of hydrogen-bond donors (Lipinski definition) is 10. The molecule has 1 fully saturated rings. The Bertz CT molecular complexity index is 1200. The minimum Gasteiger partial charge on any atom is -0.394 e. The van der Waals surface area contributed by atoms with Crippen LogP contribution in [0.3, 0.4) is 0 Å². The number of nitrogens with one attached hydrogen (secondary N) is 6. The molecule has 0 aliphatic heterocycles. The van der Waals surface area contributed by atoms with E-state index in [1.165, 1.54) is 32.5 Å². The zero-order chi connectivity index (χ0) is 37.8. The number of hydrogen-bond acceptors (Lipinski definition) is 10. The molecule has 0 bridgehead atoms. The summed E-state index contributed by atoms with van der Waals surface area (Å²) >= 11 is 1.42. The zero-order valence-corrected chi connectivity index (χ0v) is 30.2. The number of carbonyl (C=O) groups excluding carboxylic acids is 7. The molecule has 0 aromatic rings. The molecule has 1 saturated carbocycles. The normalized spacial score (nSPS) is 16.6. The summed E-state index contributed by atoms with van der Waals surface area (Å²) in [4.78, 5) is 92.9. The van der Waals surface area contributed by atoms with Gasteiger partial charge >= 0.3 is 0 Å². The summed E-state index contributed by atoms with van der Waals surface area (Å²) in [5.74, 6) is -4.12. The van der Waals surface area contributed by atoms with Gasteiger partial charge in [-0.2, -0.15) is 11.8 Å². The first kappa shape index (κ1) is 43.9. The van der Waals surface area contributed by atoms with Gasteiger partial charge in [-0.05, 0) is 57.5 Å². The highest BCUT2D eigenvalue weighted by atomic mass is 32.2. The number of carbonyl (C=O) groups is 7. The van der Waals surface area contributed by atoms with Crippen LogP contribution in [0.2, 0.25) is 0 Å². The predicted octanol–water partition coefficient (Wildman–Crippen LogP) is -2.79. The fraction of sp³-hybridized carbons (Fsp3) is 0.742. The second kappa shape index (κ2) is 23.3. The van der Waals surface area contributed by atoms with E-state index in [2.05, 4.69) is 36.9 Å². The Morgan fingerprint density at radius 2 is 1.22 bits per heavy atom. The lowest BCUT2D eigenvalue weighted by Crippen LogP contribution is -2.59. The second-order valence-corrected chi connectivity index (χ2v) is 13.4. The quantitative estimate of drug-likeness (QED) is 0.0309. The summed E-state index contributed by atoms with van der Waals surface area (Å²) in [6, 6.07) is -6.69. The van der Waals surface area contributed by atoms with E-state index >= 15 is 0 Å². The van der Waals surface area contributed by atoms with E-state index in [4.69, 9.17) is 17.2 Å². The molecule has 0 aromatic heterocycles. The Hall–Kier alpha value is -4.13. The van der Waals surface area contributed by atoms with Crippen molar-refractivity contribution >= 4 is 59.1 Å². The van der Waals surface area contributed by atoms with Crippen LogP contribution in [0.4, 0.5) is 0 Å². The van der Waals surface area contributed by atoms with Crippen molar-refractivity contribution in [3.05, 3.63) is 0 Å². The van der Waals surface area contributed by atoms with Crippen LogP contribution in [0.5, 0.6) is 0 Å². The molecule has 13 N–H and O–H groups in total. The second-order valence-electron chi connectivity index (χ2n) is 12.5. The molecular weight excluding hydrogens is 672 g/mol. The van der Waals surface area contributed by atoms with Crippen LogP contribution in [0, 0.1) is 5.92 Å². The van der Waals surface area contributed by atoms with E-state index < -0.39 is 78.3 Å². The fourth-order valence-electron chi connectivity index (χ4n) is 5.34. The lowest BCUT2D eigenvalue weighted by atomic mass is 9.84. The monoisotopic (exact) mass is 728 g/mol. The van der Waals surface area contributed by atoms with Crippen molar-refractivity contribution < 1.29 is 38.7 Å². The molecule has 7 amide bonds. The highest BCUT2D eigenvalue weighted by molar-refractivity contribution is 7.98. The van der Waals surface area contributed by atoms with Gasteiger partial charge in [0.15, 0.2) is 5.96 Å². The molecule has 1 aliphatic carbocycles. The first-order chi connectivity index (χ1) is 23.6. The number of primary amides is 1. The highest BCUT2D eigenvalue weighted by Crippen LogP contribution is 2.27. The van der Waals surface area contributed by atoms with Crippen molar-refractivity contribution in [3.63, 3.8) is 0 Å². The third-order valence-corrected chi connectivity index (χ3v) is 8.80. The van der Waals surface area contributed by atoms with Gasteiger partial charge in [-0.15, -0.1) is 0 Å². The molecule has 19 heteroatoms. The Morgan fingerprint density at radius 1 is 0.720 bits per heavy atom. The summed E-state index contributed by atoms with van der Waals surface area (Å²) in [7, 11) is 0. The van der Waals surface area contributed by atoms with E-state index in [1.54, 1.807) is 0 Å². The van der Waals surface area contributed by atoms with Crippen molar-refractivity contribution in [2.24, 2.45) is 28.1 Å². The summed E-state index contributed by atoms with van der Waals surface area (Å²) in [5.41, 5.74) is 16.0. The van der Waals surface area contributed by atoms with Gasteiger partial charge in [0.1, 0.15) is 36.3 Å². The minimum atomic E-state index is -1.34. The van der Waals surface area contributed by atoms with Crippen LogP contribution in [-0.4, -0.2) is 114 Å². The maximum absolute atomic E-state index is 13.5. The molecule has 284 valence electrons. The first-order valence-electron chi connectivity index (χ1n) is 16.8. The van der Waals surface area contributed by atoms with Gasteiger partial charge < -0.3 is 54.2 Å². The Morgan fingerprint density at radius 3 is 1.70 bits per heavy atom. The third-order valence-electron chi connectivity index (χ3n) is 8.16. The molecule has 0 heterocycles. The lowest BCUT2D eigenvalue weighted by Gasteiger charge is -2.28. The van der Waals surface area contributed by atoms with Crippen molar-refractivity contribution in [2.75, 3.05) is 25.2 Å². The van der Waals surface area contributed by atoms with Crippen LogP contribution >= 0.6 is 11.8 Å². The zero-order valence-electron chi connectivity index (χ0n) is 29.4. The standard InChI is InChI=1S/C31H56N10O8S/c1-17(26(45)39-22(12-14-50-4)29(48)37-18(2)27(46)41-24(16-42)25(32)44)36-28(47)21(11-8-13-35-31(33)34)40-30(49)23(38-19(3)43)15-20-9-6-5-7-10-20/h17-18,20-24,42H,5-16H2,1-4H3,(H2,32,44)(H,36,47)(H,37,48)(H,38,43)(H,39,45)(H,40,49)(H,41,46)(H4,33,34,35)/t17-,18-,21-,22-,23-,24-/m0/s1. The smallest absolute Gasteiger partial charge is 0.243 e. The number of amides is 7. The van der Waals surface area contributed by atoms with Crippen LogP contribution in [0.25, 0.3) is 0 Å². The van der Waals surface area contributed by atoms with Gasteiger partial charge in [-0.1, -0.05) is 32.1 Å². The number of aliphatic hydroxyl groups excluding tert-OH is 1. The van der Waals surface area contributed by atoms with Crippen LogP contribution in [0.15, 0.2) is 4.99 Å². The topological polar surface area (TPSA) is 302 Å². The third kappa shape index (κ3) is 17.0. The SMILES string of the molecule is CSCC[C@H](NC(=O)[C@H](C)NC(=O)[C@H](CCCN=C(N)N)NC(=O)[C@H](CC1CCCCC1)NC(C)=O)C(=O)N[C@@H](C)C(=O)N[C@@H](CO)C(N)=O. The minimum absolute atomic E-state index is 0.116. The van der Waals surface area contributed by atoms with Crippen molar-refractivity contribution in [2.45, 2.75) is 115 Å². The first-order valence-corrected chi connectivity index (χ1v) is 18.2. The number of aliphatic imine (C=N–C) groups is 1. The van der Waals surface area contributed by atoms with E-state index in [0.717, 1.165) is 32.1 Å². The Labute approximate surface area is 297 Å². The molecule has 0 aromatic carbocycles. The number of nitrogens with zero attached hydrogens (tertiary/aromatic N) is 1. The Kier molecular flexibility index (Phi) is 20.5. The summed E-state index contributed by atoms with van der Waals surface area (Å²) < 4.78 is 0. The van der Waals surface area contributed by atoms with E-state index in [1.807, 2.05) is 6.26 Å². The molecule has 18 nitrogen and oxygen atoms in total. The molecule has 1 aliphatic rings. The molecule has 0 saturated heterocycles. The van der Waals surface area contributed by atoms with Gasteiger partial charge in [0, 0.05) is 13.5 Å². The average molecular weight is 729 g/mol. The van der Waals surface area contributed by atoms with E-state index in [-0.39, 0.29) is 37.2 Å². The summed E-state index contributed by atoms with van der Waals surface area (Å²) in [5, 5.41) is 24.6. The maximum Gasteiger partial charge on any atom is 0.243 e. The van der Waals surface area contributed by atoms with Gasteiger partial charge in [-0.3, -0.25) is 38.6 Å². The van der Waals surface area contributed by atoms with Crippen LogP contribution in [-0.2, 0) is 33.6 Å². The molecular formula is C31H56N10O8S. The van der Waals surface area contributed by atoms with E-state index in [9.17, 15) is 38.7 Å². The average Bonchev–Trinajstić information content (AvgIpc) is 3.05. The number of guanidine groups is 1. The molecule has 0 spiro atoms. The van der Waals surface area contributed by atoms with Gasteiger partial charge in [0.2, 0.25) is 41.4 Å². The number of rotatable bonds is 22. The van der Waals surface area contributed by atoms with Crippen molar-refractivity contribution in [1.82, 2.24) is 31.9 Å². The molecule has 0 radical (unpaired) electrons. The maximum atomic E-state index is 13.5. The molecule has 50 heavy (non-hydrogen) atoms. The largest absolute Gasteiger partial charge is 0.394 e. The summed E-state index contributed by atoms with van der Waals surface area (Å²) in [6.07, 6.45) is 7.96. The van der Waals surface area contributed by atoms with Crippen molar-refractivity contribution in [1.29, 1.82) is 0 Å². The number of aliphatic hydroxyl groups is 1. The molecule has 6 atom stereocenters.